The summed E-state index contributed by atoms with van der Waals surface area (Å²) < 4.78 is 0. The number of nitrogens with one attached hydrogen (secondary N) is 1. The van der Waals surface area contributed by atoms with E-state index in [4.69, 9.17) is 5.11 Å². The Hall–Kier alpha value is -1.26. The molecule has 2 N–H and O–H groups in total. The summed E-state index contributed by atoms with van der Waals surface area (Å²) in [5.41, 5.74) is 0. The Balaban J connectivity index is 1.89. The third-order valence-electron chi connectivity index (χ3n) is 4.56. The Morgan fingerprint density at radius 1 is 1.10 bits per heavy atom. The van der Waals surface area contributed by atoms with Crippen LogP contribution in [-0.4, -0.2) is 41.1 Å². The number of hydrogen-bond donors (Lipinski definition) is 2. The third kappa shape index (κ3) is 3.87. The Kier molecular flexibility index (Phi) is 4.89. The van der Waals surface area contributed by atoms with Gasteiger partial charge in [0.1, 0.15) is 0 Å². The van der Waals surface area contributed by atoms with Crippen LogP contribution in [0.1, 0.15) is 46.0 Å². The molecule has 5 heteroatoms. The molecule has 0 aromatic carbocycles. The number of piperidine rings is 1. The van der Waals surface area contributed by atoms with Gasteiger partial charge in [0.25, 0.3) is 0 Å². The number of hydrogen-bond acceptors (Lipinski definition) is 2. The van der Waals surface area contributed by atoms with Crippen LogP contribution in [0.15, 0.2) is 0 Å². The molecule has 1 aliphatic heterocycles. The van der Waals surface area contributed by atoms with Crippen LogP contribution < -0.4 is 5.32 Å². The maximum Gasteiger partial charge on any atom is 0.317 e. The molecule has 0 spiro atoms. The minimum absolute atomic E-state index is 0.0816. The summed E-state index contributed by atoms with van der Waals surface area (Å²) in [6, 6.07) is 0.175. The number of carboxylic acids is 1. The van der Waals surface area contributed by atoms with Gasteiger partial charge in [-0.2, -0.15) is 0 Å². The molecule has 2 fully saturated rings. The number of likely N-dealkylation sites (tertiary alicyclic amines) is 1. The monoisotopic (exact) mass is 282 g/mol. The van der Waals surface area contributed by atoms with Gasteiger partial charge in [0.2, 0.25) is 0 Å². The van der Waals surface area contributed by atoms with E-state index in [1.54, 1.807) is 4.90 Å². The van der Waals surface area contributed by atoms with Crippen LogP contribution in [0, 0.1) is 17.8 Å². The highest BCUT2D eigenvalue weighted by molar-refractivity contribution is 5.76. The molecule has 0 radical (unpaired) electrons. The smallest absolute Gasteiger partial charge is 0.317 e. The van der Waals surface area contributed by atoms with E-state index in [0.717, 1.165) is 12.8 Å². The fraction of sp³-hybridized carbons (Fsp3) is 0.867. The second kappa shape index (κ2) is 6.46. The van der Waals surface area contributed by atoms with Crippen molar-refractivity contribution >= 4 is 12.0 Å². The van der Waals surface area contributed by atoms with Crippen LogP contribution >= 0.6 is 0 Å². The fourth-order valence-electron chi connectivity index (χ4n) is 3.53. The SMILES string of the molecule is CC1CCCC(NC(=O)N2CC(C)CC(C(=O)O)C2)C1. The van der Waals surface area contributed by atoms with Crippen molar-refractivity contribution in [3.05, 3.63) is 0 Å². The minimum atomic E-state index is -0.791. The first kappa shape index (κ1) is 15.1. The number of amides is 2. The zero-order valence-corrected chi connectivity index (χ0v) is 12.5. The molecular weight excluding hydrogens is 256 g/mol. The third-order valence-corrected chi connectivity index (χ3v) is 4.56. The van der Waals surface area contributed by atoms with Gasteiger partial charge in [0.15, 0.2) is 0 Å². The number of carboxylic acid groups (broad SMARTS) is 1. The van der Waals surface area contributed by atoms with Gasteiger partial charge in [-0.3, -0.25) is 4.79 Å². The van der Waals surface area contributed by atoms with Gasteiger partial charge in [0.05, 0.1) is 5.92 Å². The summed E-state index contributed by atoms with van der Waals surface area (Å²) in [6.07, 6.45) is 5.16. The molecule has 0 aromatic heterocycles. The van der Waals surface area contributed by atoms with E-state index in [-0.39, 0.29) is 18.0 Å². The van der Waals surface area contributed by atoms with Crippen LogP contribution in [0.2, 0.25) is 0 Å². The summed E-state index contributed by atoms with van der Waals surface area (Å²) in [6.45, 7) is 5.24. The lowest BCUT2D eigenvalue weighted by molar-refractivity contribution is -0.143. The first-order valence-corrected chi connectivity index (χ1v) is 7.74. The first-order valence-electron chi connectivity index (χ1n) is 7.74. The highest BCUT2D eigenvalue weighted by atomic mass is 16.4. The number of aliphatic carboxylic acids is 1. The topological polar surface area (TPSA) is 69.6 Å². The van der Waals surface area contributed by atoms with E-state index >= 15 is 0 Å². The number of carbonyl (C=O) groups excluding carboxylic acids is 1. The summed E-state index contributed by atoms with van der Waals surface area (Å²) in [7, 11) is 0. The molecule has 2 aliphatic rings. The standard InChI is InChI=1S/C15H26N2O3/c1-10-4-3-5-13(7-10)16-15(20)17-8-11(2)6-12(9-17)14(18)19/h10-13H,3-9H2,1-2H3,(H,16,20)(H,18,19). The van der Waals surface area contributed by atoms with E-state index < -0.39 is 11.9 Å². The predicted octanol–water partition coefficient (Wildman–Crippen LogP) is 2.32. The summed E-state index contributed by atoms with van der Waals surface area (Å²) in [5.74, 6) is -0.294. The van der Waals surface area contributed by atoms with Crippen LogP contribution in [-0.2, 0) is 4.79 Å². The normalized spacial score (nSPS) is 34.6. The lowest BCUT2D eigenvalue weighted by atomic mass is 9.87. The molecule has 5 nitrogen and oxygen atoms in total. The van der Waals surface area contributed by atoms with Crippen LogP contribution in [0.5, 0.6) is 0 Å². The van der Waals surface area contributed by atoms with Crippen molar-refractivity contribution in [3.63, 3.8) is 0 Å². The van der Waals surface area contributed by atoms with Crippen LogP contribution in [0.4, 0.5) is 4.79 Å². The molecule has 20 heavy (non-hydrogen) atoms. The molecule has 1 aliphatic carbocycles. The molecule has 2 amide bonds. The largest absolute Gasteiger partial charge is 0.481 e. The van der Waals surface area contributed by atoms with Crippen molar-refractivity contribution in [1.29, 1.82) is 0 Å². The second-order valence-electron chi connectivity index (χ2n) is 6.70. The number of rotatable bonds is 2. The Bertz CT molecular complexity index is 372. The zero-order valence-electron chi connectivity index (χ0n) is 12.5. The van der Waals surface area contributed by atoms with Crippen molar-refractivity contribution in [1.82, 2.24) is 10.2 Å². The van der Waals surface area contributed by atoms with E-state index in [1.807, 2.05) is 6.92 Å². The highest BCUT2D eigenvalue weighted by Crippen LogP contribution is 2.25. The van der Waals surface area contributed by atoms with Gasteiger partial charge in [-0.05, 0) is 31.1 Å². The predicted molar refractivity (Wildman–Crippen MR) is 76.4 cm³/mol. The van der Waals surface area contributed by atoms with Gasteiger partial charge < -0.3 is 15.3 Å². The van der Waals surface area contributed by atoms with Crippen LogP contribution in [0.3, 0.4) is 0 Å². The second-order valence-corrected chi connectivity index (χ2v) is 6.70. The lowest BCUT2D eigenvalue weighted by Crippen LogP contribution is -2.52. The minimum Gasteiger partial charge on any atom is -0.481 e. The van der Waals surface area contributed by atoms with Gasteiger partial charge >= 0.3 is 12.0 Å². The fourth-order valence-corrected chi connectivity index (χ4v) is 3.53. The molecule has 1 heterocycles. The van der Waals surface area contributed by atoms with E-state index in [9.17, 15) is 9.59 Å². The van der Waals surface area contributed by atoms with Crippen molar-refractivity contribution < 1.29 is 14.7 Å². The van der Waals surface area contributed by atoms with Crippen LogP contribution in [0.25, 0.3) is 0 Å². The highest BCUT2D eigenvalue weighted by Gasteiger charge is 2.32. The summed E-state index contributed by atoms with van der Waals surface area (Å²) >= 11 is 0. The van der Waals surface area contributed by atoms with E-state index in [0.29, 0.717) is 25.4 Å². The molecule has 0 aromatic rings. The van der Waals surface area contributed by atoms with Crippen molar-refractivity contribution in [2.45, 2.75) is 52.0 Å². The zero-order chi connectivity index (χ0) is 14.7. The average molecular weight is 282 g/mol. The molecule has 4 atom stereocenters. The molecule has 114 valence electrons. The molecule has 4 unspecified atom stereocenters. The number of urea groups is 1. The van der Waals surface area contributed by atoms with Crippen molar-refractivity contribution in [3.8, 4) is 0 Å². The van der Waals surface area contributed by atoms with Crippen molar-refractivity contribution in [2.24, 2.45) is 17.8 Å². The number of nitrogens with zero attached hydrogens (tertiary/aromatic N) is 1. The average Bonchev–Trinajstić information content (AvgIpc) is 2.37. The van der Waals surface area contributed by atoms with Gasteiger partial charge in [-0.25, -0.2) is 4.79 Å². The van der Waals surface area contributed by atoms with Gasteiger partial charge in [-0.15, -0.1) is 0 Å². The Morgan fingerprint density at radius 3 is 2.50 bits per heavy atom. The molecule has 0 bridgehead atoms. The quantitative estimate of drug-likeness (QED) is 0.816. The summed E-state index contributed by atoms with van der Waals surface area (Å²) in [5, 5.41) is 12.2. The van der Waals surface area contributed by atoms with E-state index in [2.05, 4.69) is 12.2 Å². The maximum atomic E-state index is 12.3. The van der Waals surface area contributed by atoms with E-state index in [1.165, 1.54) is 12.8 Å². The summed E-state index contributed by atoms with van der Waals surface area (Å²) in [4.78, 5) is 25.1. The number of carbonyl (C=O) groups is 2. The van der Waals surface area contributed by atoms with Gasteiger partial charge in [0, 0.05) is 19.1 Å². The Labute approximate surface area is 120 Å². The van der Waals surface area contributed by atoms with Crippen molar-refractivity contribution in [2.75, 3.05) is 13.1 Å². The molecule has 2 rings (SSSR count). The van der Waals surface area contributed by atoms with Gasteiger partial charge in [-0.1, -0.05) is 26.7 Å². The molecule has 1 saturated carbocycles. The Morgan fingerprint density at radius 2 is 1.85 bits per heavy atom. The lowest BCUT2D eigenvalue weighted by Gasteiger charge is -2.36. The first-order chi connectivity index (χ1) is 9.45. The maximum absolute atomic E-state index is 12.3. The molecule has 1 saturated heterocycles. The molecular formula is C15H26N2O3.